The fraction of sp³-hybridized carbons (Fsp3) is 0.440. The molecule has 0 bridgehead atoms. The Labute approximate surface area is 181 Å². The number of ether oxygens (including phenoxy) is 1. The fourth-order valence-electron chi connectivity index (χ4n) is 4.40. The molecule has 0 spiro atoms. The molecule has 0 fully saturated rings. The normalized spacial score (nSPS) is 15.2. The molecule has 3 aromatic rings. The van der Waals surface area contributed by atoms with Crippen molar-refractivity contribution < 1.29 is 14.6 Å². The molecule has 0 saturated carbocycles. The summed E-state index contributed by atoms with van der Waals surface area (Å²) in [6, 6.07) is 7.37. The van der Waals surface area contributed by atoms with Crippen LogP contribution in [0.4, 0.5) is 0 Å². The van der Waals surface area contributed by atoms with Gasteiger partial charge in [0.1, 0.15) is 16.7 Å². The van der Waals surface area contributed by atoms with E-state index in [1.807, 2.05) is 45.9 Å². The molecule has 1 aliphatic carbocycles. The van der Waals surface area contributed by atoms with Gasteiger partial charge in [-0.25, -0.2) is 4.98 Å². The van der Waals surface area contributed by atoms with E-state index in [2.05, 4.69) is 0 Å². The molecule has 158 valence electrons. The lowest BCUT2D eigenvalue weighted by atomic mass is 9.87. The van der Waals surface area contributed by atoms with E-state index in [1.54, 1.807) is 24.3 Å². The van der Waals surface area contributed by atoms with Crippen LogP contribution >= 0.6 is 11.3 Å². The summed E-state index contributed by atoms with van der Waals surface area (Å²) in [5, 5.41) is 11.9. The molecule has 1 N–H and O–H groups in total. The Morgan fingerprint density at radius 2 is 1.90 bits per heavy atom. The molecule has 1 atom stereocenters. The van der Waals surface area contributed by atoms with Crippen molar-refractivity contribution in [3.05, 3.63) is 46.0 Å². The van der Waals surface area contributed by atoms with Crippen molar-refractivity contribution in [3.8, 4) is 16.9 Å². The monoisotopic (exact) mass is 423 g/mol. The van der Waals surface area contributed by atoms with Crippen LogP contribution < -0.4 is 0 Å². The molecule has 0 radical (unpaired) electrons. The van der Waals surface area contributed by atoms with Crippen molar-refractivity contribution in [2.24, 2.45) is 0 Å². The summed E-state index contributed by atoms with van der Waals surface area (Å²) in [7, 11) is 0. The van der Waals surface area contributed by atoms with E-state index in [9.17, 15) is 9.90 Å². The molecule has 0 unspecified atom stereocenters. The quantitative estimate of drug-likeness (QED) is 0.535. The van der Waals surface area contributed by atoms with Gasteiger partial charge in [0, 0.05) is 32.6 Å². The summed E-state index contributed by atoms with van der Waals surface area (Å²) >= 11 is 1.75. The minimum Gasteiger partial charge on any atom is -0.507 e. The third kappa shape index (κ3) is 3.77. The van der Waals surface area contributed by atoms with Gasteiger partial charge >= 0.3 is 0 Å². The Balaban J connectivity index is 2.11. The van der Waals surface area contributed by atoms with E-state index in [0.29, 0.717) is 0 Å². The summed E-state index contributed by atoms with van der Waals surface area (Å²) < 4.78 is 6.27. The maximum absolute atomic E-state index is 12.8. The number of phenolic OH excluding ortho intramolecular Hbond substituents is 1. The van der Waals surface area contributed by atoms with Crippen molar-refractivity contribution in [1.29, 1.82) is 0 Å². The highest BCUT2D eigenvalue weighted by Gasteiger charge is 2.32. The summed E-state index contributed by atoms with van der Waals surface area (Å²) in [6.07, 6.45) is 3.68. The first kappa shape index (κ1) is 21.0. The number of benzene rings is 1. The van der Waals surface area contributed by atoms with Crippen LogP contribution in [0.2, 0.25) is 0 Å². The first-order chi connectivity index (χ1) is 14.2. The highest BCUT2D eigenvalue weighted by Crippen LogP contribution is 2.47. The van der Waals surface area contributed by atoms with Crippen LogP contribution in [0.5, 0.6) is 5.75 Å². The molecular formula is C25H29NO3S. The second-order valence-corrected chi connectivity index (χ2v) is 10.2. The maximum atomic E-state index is 12.8. The summed E-state index contributed by atoms with van der Waals surface area (Å²) in [4.78, 5) is 20.1. The number of ketones is 1. The number of thiophene rings is 1. The zero-order valence-corrected chi connectivity index (χ0v) is 19.2. The Hall–Kier alpha value is -2.24. The summed E-state index contributed by atoms with van der Waals surface area (Å²) in [6.45, 7) is 9.37. The third-order valence-corrected chi connectivity index (χ3v) is 6.79. The van der Waals surface area contributed by atoms with E-state index < -0.39 is 11.7 Å². The van der Waals surface area contributed by atoms with Crippen molar-refractivity contribution in [3.63, 3.8) is 0 Å². The number of rotatable bonds is 4. The summed E-state index contributed by atoms with van der Waals surface area (Å²) in [5.41, 5.74) is 4.02. The molecule has 0 aliphatic heterocycles. The van der Waals surface area contributed by atoms with Crippen LogP contribution in [0, 0.1) is 6.92 Å². The number of para-hydroxylation sites is 1. The highest BCUT2D eigenvalue weighted by atomic mass is 32.1. The number of aryl methyl sites for hydroxylation is 3. The molecule has 5 heteroatoms. The number of phenols is 1. The molecular weight excluding hydrogens is 394 g/mol. The van der Waals surface area contributed by atoms with Crippen LogP contribution in [0.25, 0.3) is 21.3 Å². The molecule has 2 heterocycles. The molecule has 0 saturated heterocycles. The molecule has 4 nitrogen and oxygen atoms in total. The van der Waals surface area contributed by atoms with Crippen LogP contribution in [0.1, 0.15) is 68.3 Å². The predicted molar refractivity (Wildman–Crippen MR) is 122 cm³/mol. The SMILES string of the molecule is CC(=O)[C@@H](OC(C)(C)C)c1c(C)nc2sc3c(c2c1-c1ccccc1O)CCCC3. The van der Waals surface area contributed by atoms with Crippen molar-refractivity contribution in [2.45, 2.75) is 72.0 Å². The van der Waals surface area contributed by atoms with Gasteiger partial charge in [-0.3, -0.25) is 4.79 Å². The highest BCUT2D eigenvalue weighted by molar-refractivity contribution is 7.19. The molecule has 1 aromatic carbocycles. The number of pyridine rings is 1. The van der Waals surface area contributed by atoms with Gasteiger partial charge in [-0.15, -0.1) is 11.3 Å². The second-order valence-electron chi connectivity index (χ2n) is 9.12. The van der Waals surface area contributed by atoms with Gasteiger partial charge in [0.15, 0.2) is 5.78 Å². The standard InChI is InChI=1S/C25H29NO3S/c1-14-20(23(15(2)27)29-25(3,4)5)21(16-10-6-8-12-18(16)28)22-17-11-7-9-13-19(17)30-24(22)26-14/h6,8,10,12,23,28H,7,9,11,13H2,1-5H3/t23-/m1/s1. The average molecular weight is 424 g/mol. The van der Waals surface area contributed by atoms with Crippen molar-refractivity contribution >= 4 is 27.3 Å². The minimum atomic E-state index is -0.740. The predicted octanol–water partition coefficient (Wildman–Crippen LogP) is 6.30. The topological polar surface area (TPSA) is 59.4 Å². The van der Waals surface area contributed by atoms with Gasteiger partial charge in [-0.2, -0.15) is 0 Å². The van der Waals surface area contributed by atoms with Crippen LogP contribution in [0.3, 0.4) is 0 Å². The number of aromatic nitrogens is 1. The van der Waals surface area contributed by atoms with Gasteiger partial charge in [0.25, 0.3) is 0 Å². The number of carbonyl (C=O) groups is 1. The van der Waals surface area contributed by atoms with Gasteiger partial charge in [-0.05, 0) is 71.9 Å². The average Bonchev–Trinajstić information content (AvgIpc) is 3.03. The number of hydrogen-bond acceptors (Lipinski definition) is 5. The van der Waals surface area contributed by atoms with Crippen molar-refractivity contribution in [1.82, 2.24) is 4.98 Å². The lowest BCUT2D eigenvalue weighted by molar-refractivity contribution is -0.138. The van der Waals surface area contributed by atoms with E-state index in [4.69, 9.17) is 9.72 Å². The zero-order chi connectivity index (χ0) is 21.6. The molecule has 30 heavy (non-hydrogen) atoms. The van der Waals surface area contributed by atoms with Gasteiger partial charge < -0.3 is 9.84 Å². The van der Waals surface area contributed by atoms with Crippen LogP contribution in [-0.2, 0) is 22.4 Å². The molecule has 0 amide bonds. The lowest BCUT2D eigenvalue weighted by Crippen LogP contribution is -2.27. The molecule has 4 rings (SSSR count). The van der Waals surface area contributed by atoms with Gasteiger partial charge in [-0.1, -0.05) is 18.2 Å². The van der Waals surface area contributed by atoms with Crippen molar-refractivity contribution in [2.75, 3.05) is 0 Å². The number of hydrogen-bond donors (Lipinski definition) is 1. The fourth-order valence-corrected chi connectivity index (χ4v) is 5.72. The Bertz CT molecular complexity index is 1120. The molecule has 1 aliphatic rings. The Morgan fingerprint density at radius 3 is 2.57 bits per heavy atom. The van der Waals surface area contributed by atoms with E-state index in [-0.39, 0.29) is 11.5 Å². The lowest BCUT2D eigenvalue weighted by Gasteiger charge is -2.29. The zero-order valence-electron chi connectivity index (χ0n) is 18.3. The van der Waals surface area contributed by atoms with E-state index in [1.165, 1.54) is 16.9 Å². The number of aromatic hydroxyl groups is 1. The van der Waals surface area contributed by atoms with Gasteiger partial charge in [0.05, 0.1) is 5.60 Å². The number of nitrogens with zero attached hydrogens (tertiary/aromatic N) is 1. The van der Waals surface area contributed by atoms with Gasteiger partial charge in [0.2, 0.25) is 0 Å². The largest absolute Gasteiger partial charge is 0.507 e. The van der Waals surface area contributed by atoms with E-state index in [0.717, 1.165) is 51.9 Å². The van der Waals surface area contributed by atoms with E-state index >= 15 is 0 Å². The Kier molecular flexibility index (Phi) is 5.45. The number of carbonyl (C=O) groups excluding carboxylic acids is 1. The molecule has 2 aromatic heterocycles. The smallest absolute Gasteiger partial charge is 0.163 e. The first-order valence-corrected chi connectivity index (χ1v) is 11.4. The first-order valence-electron chi connectivity index (χ1n) is 10.6. The Morgan fingerprint density at radius 1 is 1.20 bits per heavy atom. The second kappa shape index (κ2) is 7.78. The third-order valence-electron chi connectivity index (χ3n) is 5.61. The van der Waals surface area contributed by atoms with Crippen LogP contribution in [0.15, 0.2) is 24.3 Å². The minimum absolute atomic E-state index is 0.0602. The van der Waals surface area contributed by atoms with Crippen LogP contribution in [-0.4, -0.2) is 21.5 Å². The number of fused-ring (bicyclic) bond motifs is 3. The summed E-state index contributed by atoms with van der Waals surface area (Å²) in [5.74, 6) is 0.148. The maximum Gasteiger partial charge on any atom is 0.163 e. The number of Topliss-reactive ketones (excluding diaryl/α,β-unsaturated/α-hetero) is 1.